The SMILES string of the molecule is CC(=O)c1cn(CC(=O)N2[C@H](C(=O)Nc3cccc(C(F)(F)F)n3)C[C@@]3(C)C[C@@H]23)c2ccc(-c3cnc(C)nc3)cc12. The number of nitrogens with zero attached hydrogens (tertiary/aromatic N) is 5. The molecule has 2 aliphatic rings. The molecule has 4 heterocycles. The van der Waals surface area contributed by atoms with Crippen LogP contribution in [-0.4, -0.2) is 54.1 Å². The van der Waals surface area contributed by atoms with Crippen molar-refractivity contribution in [2.45, 2.75) is 58.4 Å². The highest BCUT2D eigenvalue weighted by atomic mass is 19.4. The number of likely N-dealkylation sites (tertiary alicyclic amines) is 1. The molecule has 2 fully saturated rings. The highest BCUT2D eigenvalue weighted by Crippen LogP contribution is 2.59. The monoisotopic (exact) mass is 576 g/mol. The fourth-order valence-electron chi connectivity index (χ4n) is 5.89. The van der Waals surface area contributed by atoms with Crippen LogP contribution in [0.5, 0.6) is 0 Å². The fraction of sp³-hybridized carbons (Fsp3) is 0.333. The molecule has 9 nitrogen and oxygen atoms in total. The smallest absolute Gasteiger partial charge is 0.337 e. The number of amides is 2. The van der Waals surface area contributed by atoms with E-state index in [2.05, 4.69) is 20.3 Å². The number of carbonyl (C=O) groups is 3. The van der Waals surface area contributed by atoms with Crippen LogP contribution in [0.15, 0.2) is 55.0 Å². The first-order valence-corrected chi connectivity index (χ1v) is 13.4. The lowest BCUT2D eigenvalue weighted by Crippen LogP contribution is -2.46. The highest BCUT2D eigenvalue weighted by molar-refractivity contribution is 6.08. The molecule has 12 heteroatoms. The first kappa shape index (κ1) is 27.6. The Hall–Kier alpha value is -4.61. The van der Waals surface area contributed by atoms with Crippen molar-refractivity contribution in [1.82, 2.24) is 24.4 Å². The highest BCUT2D eigenvalue weighted by Gasteiger charge is 2.64. The zero-order chi connectivity index (χ0) is 30.0. The van der Waals surface area contributed by atoms with Crippen molar-refractivity contribution in [1.29, 1.82) is 0 Å². The third kappa shape index (κ3) is 4.90. The Morgan fingerprint density at radius 1 is 1.07 bits per heavy atom. The van der Waals surface area contributed by atoms with Gasteiger partial charge in [0.1, 0.15) is 29.9 Å². The van der Waals surface area contributed by atoms with E-state index in [9.17, 15) is 27.6 Å². The molecule has 42 heavy (non-hydrogen) atoms. The Morgan fingerprint density at radius 2 is 1.81 bits per heavy atom. The molecule has 0 spiro atoms. The third-order valence-electron chi connectivity index (χ3n) is 8.20. The number of aromatic nitrogens is 4. The quantitative estimate of drug-likeness (QED) is 0.322. The first-order valence-electron chi connectivity index (χ1n) is 13.4. The second kappa shape index (κ2) is 9.74. The number of pyridine rings is 1. The molecule has 0 bridgehead atoms. The molecule has 1 aliphatic heterocycles. The minimum atomic E-state index is -4.65. The van der Waals surface area contributed by atoms with Crippen molar-refractivity contribution in [2.24, 2.45) is 5.41 Å². The van der Waals surface area contributed by atoms with Crippen LogP contribution in [0.4, 0.5) is 19.0 Å². The lowest BCUT2D eigenvalue weighted by molar-refractivity contribution is -0.141. The van der Waals surface area contributed by atoms with E-state index in [1.807, 2.05) is 25.1 Å². The molecule has 1 N–H and O–H groups in total. The number of benzene rings is 1. The first-order chi connectivity index (χ1) is 19.8. The normalized spacial score (nSPS) is 21.3. The van der Waals surface area contributed by atoms with Crippen LogP contribution >= 0.6 is 0 Å². The average molecular weight is 577 g/mol. The molecule has 0 unspecified atom stereocenters. The summed E-state index contributed by atoms with van der Waals surface area (Å²) in [6.07, 6.45) is 1.52. The number of fused-ring (bicyclic) bond motifs is 2. The predicted molar refractivity (Wildman–Crippen MR) is 147 cm³/mol. The van der Waals surface area contributed by atoms with Crippen LogP contribution in [0.25, 0.3) is 22.0 Å². The summed E-state index contributed by atoms with van der Waals surface area (Å²) in [5.74, 6) is -0.659. The number of aryl methyl sites for hydroxylation is 1. The van der Waals surface area contributed by atoms with Gasteiger partial charge in [-0.1, -0.05) is 19.1 Å². The van der Waals surface area contributed by atoms with Gasteiger partial charge in [-0.2, -0.15) is 13.2 Å². The molecular weight excluding hydrogens is 549 g/mol. The molecule has 1 saturated carbocycles. The minimum Gasteiger partial charge on any atom is -0.337 e. The van der Waals surface area contributed by atoms with Gasteiger partial charge in [0, 0.05) is 46.7 Å². The van der Waals surface area contributed by atoms with Crippen molar-refractivity contribution in [3.8, 4) is 11.1 Å². The van der Waals surface area contributed by atoms with Crippen molar-refractivity contribution < 1.29 is 27.6 Å². The van der Waals surface area contributed by atoms with E-state index < -0.39 is 23.8 Å². The Bertz CT molecular complexity index is 1750. The van der Waals surface area contributed by atoms with Gasteiger partial charge in [-0.05, 0) is 61.9 Å². The summed E-state index contributed by atoms with van der Waals surface area (Å²) >= 11 is 0. The Labute approximate surface area is 238 Å². The second-order valence-corrected chi connectivity index (χ2v) is 11.3. The van der Waals surface area contributed by atoms with E-state index in [4.69, 9.17) is 0 Å². The summed E-state index contributed by atoms with van der Waals surface area (Å²) < 4.78 is 41.1. The van der Waals surface area contributed by atoms with Crippen LogP contribution in [0.2, 0.25) is 0 Å². The van der Waals surface area contributed by atoms with E-state index in [1.54, 1.807) is 35.0 Å². The van der Waals surface area contributed by atoms with Crippen molar-refractivity contribution in [3.63, 3.8) is 0 Å². The molecule has 216 valence electrons. The third-order valence-corrected chi connectivity index (χ3v) is 8.20. The lowest BCUT2D eigenvalue weighted by Gasteiger charge is -2.27. The number of Topliss-reactive ketones (excluding diaryl/α,β-unsaturated/α-hetero) is 1. The van der Waals surface area contributed by atoms with Gasteiger partial charge < -0.3 is 14.8 Å². The maximum atomic E-state index is 13.7. The Kier molecular flexibility index (Phi) is 6.39. The summed E-state index contributed by atoms with van der Waals surface area (Å²) in [6, 6.07) is 7.83. The number of carbonyl (C=O) groups excluding carboxylic acids is 3. The summed E-state index contributed by atoms with van der Waals surface area (Å²) in [4.78, 5) is 53.1. The summed E-state index contributed by atoms with van der Waals surface area (Å²) in [7, 11) is 0. The number of rotatable bonds is 6. The van der Waals surface area contributed by atoms with E-state index in [0.29, 0.717) is 28.7 Å². The number of hydrogen-bond acceptors (Lipinski definition) is 6. The molecule has 3 atom stereocenters. The number of halogens is 3. The molecule has 3 aromatic heterocycles. The van der Waals surface area contributed by atoms with Crippen LogP contribution < -0.4 is 5.32 Å². The summed E-state index contributed by atoms with van der Waals surface area (Å²) in [6.45, 7) is 5.12. The van der Waals surface area contributed by atoms with E-state index in [-0.39, 0.29) is 35.5 Å². The summed E-state index contributed by atoms with van der Waals surface area (Å²) in [5.41, 5.74) is 1.38. The maximum Gasteiger partial charge on any atom is 0.433 e. The number of piperidine rings is 1. The number of nitrogens with one attached hydrogen (secondary N) is 1. The van der Waals surface area contributed by atoms with E-state index in [1.165, 1.54) is 19.1 Å². The van der Waals surface area contributed by atoms with Crippen molar-refractivity contribution >= 4 is 34.3 Å². The minimum absolute atomic E-state index is 0.116. The van der Waals surface area contributed by atoms with Gasteiger partial charge >= 0.3 is 6.18 Å². The van der Waals surface area contributed by atoms with Crippen molar-refractivity contribution in [3.05, 3.63) is 72.1 Å². The van der Waals surface area contributed by atoms with Gasteiger partial charge in [0.2, 0.25) is 11.8 Å². The van der Waals surface area contributed by atoms with Crippen LogP contribution in [0, 0.1) is 12.3 Å². The maximum absolute atomic E-state index is 13.7. The van der Waals surface area contributed by atoms with E-state index >= 15 is 0 Å². The van der Waals surface area contributed by atoms with Crippen molar-refractivity contribution in [2.75, 3.05) is 5.32 Å². The molecule has 0 radical (unpaired) electrons. The lowest BCUT2D eigenvalue weighted by atomic mass is 10.0. The molecular formula is C30H27F3N6O3. The number of anilines is 1. The van der Waals surface area contributed by atoms with Crippen LogP contribution in [0.3, 0.4) is 0 Å². The van der Waals surface area contributed by atoms with Gasteiger partial charge in [0.25, 0.3) is 0 Å². The molecule has 1 saturated heterocycles. The largest absolute Gasteiger partial charge is 0.433 e. The van der Waals surface area contributed by atoms with Gasteiger partial charge in [-0.3, -0.25) is 14.4 Å². The zero-order valence-electron chi connectivity index (χ0n) is 23.1. The standard InChI is InChI=1S/C30H27F3N6O3/c1-16(40)21-14-38(22-8-7-18(9-20(21)22)19-12-34-17(2)35-13-19)15-27(41)39-23(10-29(3)11-25(29)39)28(42)37-26-6-4-5-24(36-26)30(31,32)33/h4-9,12-14,23,25H,10-11,15H2,1-3H3,(H,36,37,42)/t23-,25+,29-/m0/s1. The van der Waals surface area contributed by atoms with E-state index in [0.717, 1.165) is 23.6 Å². The van der Waals surface area contributed by atoms with Gasteiger partial charge in [0.05, 0.1) is 0 Å². The fourth-order valence-corrected chi connectivity index (χ4v) is 5.89. The number of ketones is 1. The second-order valence-electron chi connectivity index (χ2n) is 11.3. The molecule has 6 rings (SSSR count). The number of hydrogen-bond donors (Lipinski definition) is 1. The predicted octanol–water partition coefficient (Wildman–Crippen LogP) is 5.04. The zero-order valence-corrected chi connectivity index (χ0v) is 23.1. The van der Waals surface area contributed by atoms with Gasteiger partial charge in [-0.25, -0.2) is 15.0 Å². The average Bonchev–Trinajstić information content (AvgIpc) is 3.30. The van der Waals surface area contributed by atoms with Gasteiger partial charge in [0.15, 0.2) is 5.78 Å². The molecule has 2 amide bonds. The molecule has 1 aromatic carbocycles. The Morgan fingerprint density at radius 3 is 2.50 bits per heavy atom. The molecule has 4 aromatic rings. The topological polar surface area (TPSA) is 110 Å². The molecule has 1 aliphatic carbocycles. The summed E-state index contributed by atoms with van der Waals surface area (Å²) in [5, 5.41) is 3.15. The number of alkyl halides is 3. The van der Waals surface area contributed by atoms with Gasteiger partial charge in [-0.15, -0.1) is 0 Å². The Balaban J connectivity index is 1.27. The van der Waals surface area contributed by atoms with Crippen LogP contribution in [-0.2, 0) is 22.3 Å². The van der Waals surface area contributed by atoms with Crippen LogP contribution in [0.1, 0.15) is 48.6 Å².